The summed E-state index contributed by atoms with van der Waals surface area (Å²) in [5, 5.41) is 11.5. The quantitative estimate of drug-likeness (QED) is 0.747. The second-order valence-electron chi connectivity index (χ2n) is 4.74. The fraction of sp³-hybridized carbons (Fsp3) is 0.583. The van der Waals surface area contributed by atoms with E-state index in [1.54, 1.807) is 6.07 Å². The van der Waals surface area contributed by atoms with E-state index >= 15 is 0 Å². The second-order valence-corrected chi connectivity index (χ2v) is 4.74. The lowest BCUT2D eigenvalue weighted by molar-refractivity contribution is 0.0592. The van der Waals surface area contributed by atoms with Gasteiger partial charge in [-0.05, 0) is 24.5 Å². The van der Waals surface area contributed by atoms with E-state index in [4.69, 9.17) is 0 Å². The van der Waals surface area contributed by atoms with E-state index in [-0.39, 0.29) is 5.69 Å². The number of anilines is 1. The molecule has 0 bridgehead atoms. The lowest BCUT2D eigenvalue weighted by Crippen LogP contribution is -2.34. The highest BCUT2D eigenvalue weighted by Crippen LogP contribution is 2.30. The summed E-state index contributed by atoms with van der Waals surface area (Å²) in [6.45, 7) is 3.11. The van der Waals surface area contributed by atoms with Crippen molar-refractivity contribution in [1.29, 1.82) is 0 Å². The third kappa shape index (κ3) is 1.82. The summed E-state index contributed by atoms with van der Waals surface area (Å²) in [5.74, 6) is 1.11. The molecule has 0 amide bonds. The van der Waals surface area contributed by atoms with Gasteiger partial charge >= 0.3 is 5.97 Å². The van der Waals surface area contributed by atoms with E-state index in [0.717, 1.165) is 25.5 Å². The molecule has 2 fully saturated rings. The molecule has 3 heterocycles. The standard InChI is InChI=1S/C12H16N4O2/c1-18-12(17)9-2-3-11(15-14-9)16-5-4-8-6-13-7-10(8)16/h2-3,8,10,13H,4-7H2,1H3/t8-,10+/m0/s1. The Kier molecular flexibility index (Phi) is 2.87. The van der Waals surface area contributed by atoms with Crippen LogP contribution in [0.25, 0.3) is 0 Å². The van der Waals surface area contributed by atoms with Gasteiger partial charge in [0.25, 0.3) is 0 Å². The zero-order chi connectivity index (χ0) is 12.5. The van der Waals surface area contributed by atoms with Crippen molar-refractivity contribution < 1.29 is 9.53 Å². The van der Waals surface area contributed by atoms with E-state index < -0.39 is 5.97 Å². The van der Waals surface area contributed by atoms with Gasteiger partial charge in [-0.2, -0.15) is 0 Å². The Morgan fingerprint density at radius 3 is 3.06 bits per heavy atom. The Balaban J connectivity index is 1.78. The molecule has 18 heavy (non-hydrogen) atoms. The fourth-order valence-electron chi connectivity index (χ4n) is 2.83. The molecule has 2 aliphatic heterocycles. The number of hydrogen-bond donors (Lipinski definition) is 1. The average molecular weight is 248 g/mol. The van der Waals surface area contributed by atoms with E-state index in [2.05, 4.69) is 25.2 Å². The number of carbonyl (C=O) groups excluding carboxylic acids is 1. The number of methoxy groups -OCH3 is 1. The first-order valence-electron chi connectivity index (χ1n) is 6.19. The number of aromatic nitrogens is 2. The van der Waals surface area contributed by atoms with Gasteiger partial charge in [0.05, 0.1) is 7.11 Å². The Labute approximate surface area is 105 Å². The molecule has 1 N–H and O–H groups in total. The van der Waals surface area contributed by atoms with Crippen LogP contribution in [0, 0.1) is 5.92 Å². The Morgan fingerprint density at radius 2 is 2.33 bits per heavy atom. The van der Waals surface area contributed by atoms with Crippen molar-refractivity contribution in [3.63, 3.8) is 0 Å². The van der Waals surface area contributed by atoms with Crippen LogP contribution in [0.15, 0.2) is 12.1 Å². The van der Waals surface area contributed by atoms with Crippen molar-refractivity contribution in [3.05, 3.63) is 17.8 Å². The van der Waals surface area contributed by atoms with Gasteiger partial charge < -0.3 is 15.0 Å². The van der Waals surface area contributed by atoms with Crippen molar-refractivity contribution in [1.82, 2.24) is 15.5 Å². The highest BCUT2D eigenvalue weighted by Gasteiger charge is 2.38. The number of hydrogen-bond acceptors (Lipinski definition) is 6. The molecular weight excluding hydrogens is 232 g/mol. The molecule has 2 saturated heterocycles. The molecule has 0 spiro atoms. The number of nitrogens with zero attached hydrogens (tertiary/aromatic N) is 3. The van der Waals surface area contributed by atoms with Crippen LogP contribution in [0.5, 0.6) is 0 Å². The van der Waals surface area contributed by atoms with E-state index in [0.29, 0.717) is 12.0 Å². The summed E-state index contributed by atoms with van der Waals surface area (Å²) in [7, 11) is 1.34. The Hall–Kier alpha value is -1.69. The SMILES string of the molecule is COC(=O)c1ccc(N2CC[C@H]3CNC[C@H]32)nn1. The fourth-order valence-corrected chi connectivity index (χ4v) is 2.83. The molecule has 3 rings (SSSR count). The molecule has 6 heteroatoms. The van der Waals surface area contributed by atoms with Gasteiger partial charge in [-0.25, -0.2) is 4.79 Å². The predicted molar refractivity (Wildman–Crippen MR) is 65.5 cm³/mol. The van der Waals surface area contributed by atoms with Gasteiger partial charge in [0.15, 0.2) is 11.5 Å². The van der Waals surface area contributed by atoms with E-state index in [9.17, 15) is 4.79 Å². The van der Waals surface area contributed by atoms with Gasteiger partial charge in [-0.15, -0.1) is 10.2 Å². The van der Waals surface area contributed by atoms with Gasteiger partial charge in [0, 0.05) is 25.7 Å². The summed E-state index contributed by atoms with van der Waals surface area (Å²) in [6, 6.07) is 4.03. The van der Waals surface area contributed by atoms with Gasteiger partial charge in [-0.3, -0.25) is 0 Å². The van der Waals surface area contributed by atoms with Crippen LogP contribution in [-0.2, 0) is 4.74 Å². The normalized spacial score (nSPS) is 26.2. The van der Waals surface area contributed by atoms with Crippen molar-refractivity contribution in [2.75, 3.05) is 31.6 Å². The zero-order valence-corrected chi connectivity index (χ0v) is 10.3. The number of esters is 1. The minimum atomic E-state index is -0.448. The molecule has 2 aliphatic rings. The largest absolute Gasteiger partial charge is 0.464 e. The molecule has 1 aromatic heterocycles. The maximum absolute atomic E-state index is 11.3. The minimum absolute atomic E-state index is 0.251. The smallest absolute Gasteiger partial charge is 0.358 e. The monoisotopic (exact) mass is 248 g/mol. The molecular formula is C12H16N4O2. The Bertz CT molecular complexity index is 448. The number of nitrogens with one attached hydrogen (secondary N) is 1. The van der Waals surface area contributed by atoms with Crippen LogP contribution in [-0.4, -0.2) is 49.0 Å². The maximum Gasteiger partial charge on any atom is 0.358 e. The Morgan fingerprint density at radius 1 is 1.44 bits per heavy atom. The first-order chi connectivity index (χ1) is 8.79. The summed E-state index contributed by atoms with van der Waals surface area (Å²) >= 11 is 0. The van der Waals surface area contributed by atoms with Crippen LogP contribution in [0.2, 0.25) is 0 Å². The van der Waals surface area contributed by atoms with Crippen molar-refractivity contribution in [3.8, 4) is 0 Å². The zero-order valence-electron chi connectivity index (χ0n) is 10.3. The number of ether oxygens (including phenoxy) is 1. The van der Waals surface area contributed by atoms with Crippen LogP contribution < -0.4 is 10.2 Å². The third-order valence-electron chi connectivity index (χ3n) is 3.78. The van der Waals surface area contributed by atoms with Crippen molar-refractivity contribution in [2.45, 2.75) is 12.5 Å². The lowest BCUT2D eigenvalue weighted by Gasteiger charge is -2.23. The highest BCUT2D eigenvalue weighted by molar-refractivity contribution is 5.86. The van der Waals surface area contributed by atoms with E-state index in [1.807, 2.05) is 6.07 Å². The molecule has 0 aromatic carbocycles. The van der Waals surface area contributed by atoms with Crippen LogP contribution >= 0.6 is 0 Å². The van der Waals surface area contributed by atoms with E-state index in [1.165, 1.54) is 13.5 Å². The van der Waals surface area contributed by atoms with Crippen LogP contribution in [0.4, 0.5) is 5.82 Å². The molecule has 6 nitrogen and oxygen atoms in total. The topological polar surface area (TPSA) is 67.3 Å². The average Bonchev–Trinajstić information content (AvgIpc) is 3.00. The molecule has 0 saturated carbocycles. The van der Waals surface area contributed by atoms with Gasteiger partial charge in [0.2, 0.25) is 0 Å². The molecule has 0 aliphatic carbocycles. The summed E-state index contributed by atoms with van der Waals surface area (Å²) < 4.78 is 4.61. The molecule has 96 valence electrons. The third-order valence-corrected chi connectivity index (χ3v) is 3.78. The first kappa shape index (κ1) is 11.4. The van der Waals surface area contributed by atoms with Crippen LogP contribution in [0.3, 0.4) is 0 Å². The van der Waals surface area contributed by atoms with Crippen molar-refractivity contribution >= 4 is 11.8 Å². The molecule has 1 aromatic rings. The summed E-state index contributed by atoms with van der Waals surface area (Å²) in [6.07, 6.45) is 1.19. The maximum atomic E-state index is 11.3. The first-order valence-corrected chi connectivity index (χ1v) is 6.19. The number of fused-ring (bicyclic) bond motifs is 1. The predicted octanol–water partition coefficient (Wildman–Crippen LogP) is 0.0613. The summed E-state index contributed by atoms with van der Waals surface area (Å²) in [5.41, 5.74) is 0.251. The summed E-state index contributed by atoms with van der Waals surface area (Å²) in [4.78, 5) is 13.6. The minimum Gasteiger partial charge on any atom is -0.464 e. The highest BCUT2D eigenvalue weighted by atomic mass is 16.5. The van der Waals surface area contributed by atoms with Gasteiger partial charge in [-0.1, -0.05) is 0 Å². The lowest BCUT2D eigenvalue weighted by atomic mass is 10.1. The second kappa shape index (κ2) is 4.53. The number of carbonyl (C=O) groups is 1. The number of rotatable bonds is 2. The molecule has 0 radical (unpaired) electrons. The molecule has 0 unspecified atom stereocenters. The molecule has 2 atom stereocenters. The van der Waals surface area contributed by atoms with Crippen LogP contribution in [0.1, 0.15) is 16.9 Å². The van der Waals surface area contributed by atoms with Crippen molar-refractivity contribution in [2.24, 2.45) is 5.92 Å². The van der Waals surface area contributed by atoms with Gasteiger partial charge in [0.1, 0.15) is 0 Å².